The van der Waals surface area contributed by atoms with E-state index in [0.717, 1.165) is 24.4 Å². The molecular weight excluding hydrogens is 254 g/mol. The number of nitrogens with zero attached hydrogens (tertiary/aromatic N) is 5. The molecule has 18 heavy (non-hydrogen) atoms. The van der Waals surface area contributed by atoms with Crippen molar-refractivity contribution < 1.29 is 4.52 Å². The van der Waals surface area contributed by atoms with Gasteiger partial charge in [-0.2, -0.15) is 4.98 Å². The van der Waals surface area contributed by atoms with Crippen LogP contribution in [0.4, 0.5) is 0 Å². The van der Waals surface area contributed by atoms with Gasteiger partial charge in [0, 0.05) is 18.0 Å². The molecule has 2 aromatic heterocycles. The van der Waals surface area contributed by atoms with Crippen LogP contribution >= 0.6 is 11.6 Å². The zero-order chi connectivity index (χ0) is 12.4. The number of hydrogen-bond acceptors (Lipinski definition) is 5. The Kier molecular flexibility index (Phi) is 3.27. The summed E-state index contributed by atoms with van der Waals surface area (Å²) >= 11 is 5.64. The van der Waals surface area contributed by atoms with Crippen LogP contribution in [0.3, 0.4) is 0 Å². The smallest absolute Gasteiger partial charge is 0.248 e. The number of hydrogen-bond donors (Lipinski definition) is 0. The van der Waals surface area contributed by atoms with Crippen LogP contribution in [0.2, 0.25) is 0 Å². The molecule has 1 aliphatic rings. The lowest BCUT2D eigenvalue weighted by molar-refractivity contribution is 0.360. The van der Waals surface area contributed by atoms with Crippen molar-refractivity contribution in [2.75, 3.05) is 5.88 Å². The van der Waals surface area contributed by atoms with Gasteiger partial charge in [-0.15, -0.1) is 16.7 Å². The number of aromatic nitrogens is 5. The van der Waals surface area contributed by atoms with E-state index in [9.17, 15) is 0 Å². The maximum Gasteiger partial charge on any atom is 0.248 e. The Hall–Kier alpha value is -1.43. The fourth-order valence-corrected chi connectivity index (χ4v) is 1.89. The third-order valence-corrected chi connectivity index (χ3v) is 3.14. The lowest BCUT2D eigenvalue weighted by Gasteiger charge is -1.92. The van der Waals surface area contributed by atoms with Gasteiger partial charge in [0.25, 0.3) is 0 Å². The Labute approximate surface area is 109 Å². The Balaban J connectivity index is 1.62. The SMILES string of the molecule is ClCCCc1cn(Cc2nc(C3CC3)no2)nn1. The Bertz CT molecular complexity index is 519. The van der Waals surface area contributed by atoms with E-state index in [0.29, 0.717) is 24.2 Å². The third kappa shape index (κ3) is 2.69. The minimum absolute atomic E-state index is 0.480. The second-order valence-electron chi connectivity index (χ2n) is 4.52. The first-order valence-corrected chi connectivity index (χ1v) is 6.66. The van der Waals surface area contributed by atoms with E-state index in [2.05, 4.69) is 20.5 Å². The average molecular weight is 268 g/mol. The first kappa shape index (κ1) is 11.6. The van der Waals surface area contributed by atoms with Crippen molar-refractivity contribution >= 4 is 11.6 Å². The molecule has 0 unspecified atom stereocenters. The van der Waals surface area contributed by atoms with Gasteiger partial charge in [0.05, 0.1) is 5.69 Å². The molecule has 0 atom stereocenters. The van der Waals surface area contributed by atoms with Gasteiger partial charge < -0.3 is 4.52 Å². The van der Waals surface area contributed by atoms with Crippen LogP contribution in [0.5, 0.6) is 0 Å². The second-order valence-corrected chi connectivity index (χ2v) is 4.90. The van der Waals surface area contributed by atoms with Gasteiger partial charge in [0.15, 0.2) is 5.82 Å². The Morgan fingerprint density at radius 3 is 3.11 bits per heavy atom. The van der Waals surface area contributed by atoms with E-state index < -0.39 is 0 Å². The summed E-state index contributed by atoms with van der Waals surface area (Å²) in [6, 6.07) is 0. The Morgan fingerprint density at radius 1 is 1.44 bits per heavy atom. The summed E-state index contributed by atoms with van der Waals surface area (Å²) in [5, 5.41) is 12.1. The summed E-state index contributed by atoms with van der Waals surface area (Å²) in [6.07, 6.45) is 6.00. The molecule has 0 spiro atoms. The molecule has 0 N–H and O–H groups in total. The second kappa shape index (κ2) is 5.06. The molecule has 3 rings (SSSR count). The summed E-state index contributed by atoms with van der Waals surface area (Å²) in [6.45, 7) is 0.480. The van der Waals surface area contributed by atoms with Gasteiger partial charge >= 0.3 is 0 Å². The lowest BCUT2D eigenvalue weighted by Crippen LogP contribution is -2.00. The molecule has 7 heteroatoms. The first-order valence-electron chi connectivity index (χ1n) is 6.12. The molecular formula is C11H14ClN5O. The van der Waals surface area contributed by atoms with Gasteiger partial charge in [-0.25, -0.2) is 4.68 Å². The van der Waals surface area contributed by atoms with Crippen LogP contribution in [0.15, 0.2) is 10.7 Å². The van der Waals surface area contributed by atoms with Gasteiger partial charge in [0.1, 0.15) is 6.54 Å². The highest BCUT2D eigenvalue weighted by atomic mass is 35.5. The zero-order valence-corrected chi connectivity index (χ0v) is 10.7. The summed E-state index contributed by atoms with van der Waals surface area (Å²) in [5.41, 5.74) is 0.942. The zero-order valence-electron chi connectivity index (χ0n) is 9.92. The minimum atomic E-state index is 0.480. The highest BCUT2D eigenvalue weighted by molar-refractivity contribution is 6.17. The quantitative estimate of drug-likeness (QED) is 0.746. The van der Waals surface area contributed by atoms with Crippen molar-refractivity contribution in [3.8, 4) is 0 Å². The molecule has 0 aliphatic heterocycles. The average Bonchev–Trinajstić information content (AvgIpc) is 2.96. The fraction of sp³-hybridized carbons (Fsp3) is 0.636. The van der Waals surface area contributed by atoms with Crippen LogP contribution in [0, 0.1) is 0 Å². The molecule has 0 aromatic carbocycles. The fourth-order valence-electron chi connectivity index (χ4n) is 1.76. The molecule has 1 aliphatic carbocycles. The maximum atomic E-state index is 5.64. The predicted octanol–water partition coefficient (Wildman–Crippen LogP) is 1.76. The number of aryl methyl sites for hydroxylation is 1. The van der Waals surface area contributed by atoms with Gasteiger partial charge in [0.2, 0.25) is 5.89 Å². The van der Waals surface area contributed by atoms with Crippen molar-refractivity contribution in [3.05, 3.63) is 23.6 Å². The molecule has 2 aromatic rings. The largest absolute Gasteiger partial charge is 0.337 e. The number of halogens is 1. The Morgan fingerprint density at radius 2 is 2.33 bits per heavy atom. The summed E-state index contributed by atoms with van der Waals surface area (Å²) in [7, 11) is 0. The molecule has 2 heterocycles. The summed E-state index contributed by atoms with van der Waals surface area (Å²) < 4.78 is 6.91. The standard InChI is InChI=1S/C11H14ClN5O/c12-5-1-2-9-6-17(16-14-9)7-10-13-11(15-18-10)8-3-4-8/h6,8H,1-5,7H2. The van der Waals surface area contributed by atoms with Crippen LogP contribution < -0.4 is 0 Å². The highest BCUT2D eigenvalue weighted by Crippen LogP contribution is 2.38. The third-order valence-electron chi connectivity index (χ3n) is 2.88. The first-order chi connectivity index (χ1) is 8.85. The van der Waals surface area contributed by atoms with Crippen LogP contribution in [0.25, 0.3) is 0 Å². The van der Waals surface area contributed by atoms with Crippen molar-refractivity contribution in [3.63, 3.8) is 0 Å². The summed E-state index contributed by atoms with van der Waals surface area (Å²) in [4.78, 5) is 4.35. The van der Waals surface area contributed by atoms with Crippen molar-refractivity contribution in [2.24, 2.45) is 0 Å². The van der Waals surface area contributed by atoms with Gasteiger partial charge in [-0.05, 0) is 25.7 Å². The monoisotopic (exact) mass is 267 g/mol. The molecule has 96 valence electrons. The van der Waals surface area contributed by atoms with Crippen molar-refractivity contribution in [1.82, 2.24) is 25.1 Å². The minimum Gasteiger partial charge on any atom is -0.337 e. The van der Waals surface area contributed by atoms with Crippen LogP contribution in [-0.2, 0) is 13.0 Å². The molecule has 6 nitrogen and oxygen atoms in total. The summed E-state index contributed by atoms with van der Waals surface area (Å²) in [5.74, 6) is 2.57. The van der Waals surface area contributed by atoms with E-state index >= 15 is 0 Å². The highest BCUT2D eigenvalue weighted by Gasteiger charge is 2.28. The van der Waals surface area contributed by atoms with E-state index in [1.165, 1.54) is 12.8 Å². The van der Waals surface area contributed by atoms with Crippen molar-refractivity contribution in [2.45, 2.75) is 38.1 Å². The molecule has 1 fully saturated rings. The topological polar surface area (TPSA) is 69.6 Å². The normalized spacial score (nSPS) is 15.2. The van der Waals surface area contributed by atoms with Gasteiger partial charge in [-0.3, -0.25) is 0 Å². The molecule has 0 saturated heterocycles. The van der Waals surface area contributed by atoms with E-state index in [1.807, 2.05) is 6.20 Å². The molecule has 0 amide bonds. The van der Waals surface area contributed by atoms with Crippen LogP contribution in [-0.4, -0.2) is 31.0 Å². The predicted molar refractivity (Wildman–Crippen MR) is 64.4 cm³/mol. The van der Waals surface area contributed by atoms with E-state index in [1.54, 1.807) is 4.68 Å². The lowest BCUT2D eigenvalue weighted by atomic mass is 10.3. The number of rotatable bonds is 6. The number of alkyl halides is 1. The van der Waals surface area contributed by atoms with Crippen molar-refractivity contribution in [1.29, 1.82) is 0 Å². The van der Waals surface area contributed by atoms with Gasteiger partial charge in [-0.1, -0.05) is 10.4 Å². The molecule has 0 bridgehead atoms. The molecule has 0 radical (unpaired) electrons. The molecule has 1 saturated carbocycles. The van der Waals surface area contributed by atoms with E-state index in [4.69, 9.17) is 16.1 Å². The van der Waals surface area contributed by atoms with Crippen LogP contribution in [0.1, 0.15) is 42.6 Å². The maximum absolute atomic E-state index is 5.64. The van der Waals surface area contributed by atoms with E-state index in [-0.39, 0.29) is 0 Å².